The number of imidazole rings is 1. The van der Waals surface area contributed by atoms with E-state index in [-0.39, 0.29) is 0 Å². The Morgan fingerprint density at radius 2 is 2.16 bits per heavy atom. The molecule has 1 saturated carbocycles. The van der Waals surface area contributed by atoms with Gasteiger partial charge in [-0.3, -0.25) is 10.7 Å². The number of hydrogen-bond donors (Lipinski definition) is 4. The second kappa shape index (κ2) is 6.29. The number of rotatable bonds is 6. The smallest absolute Gasteiger partial charge is 0.220 e. The maximum Gasteiger partial charge on any atom is 0.220 e. The summed E-state index contributed by atoms with van der Waals surface area (Å²) in [5, 5.41) is 3.35. The van der Waals surface area contributed by atoms with Gasteiger partial charge < -0.3 is 16.0 Å². The molecule has 1 unspecified atom stereocenters. The maximum atomic E-state index is 6.45. The van der Waals surface area contributed by atoms with Gasteiger partial charge in [-0.15, -0.1) is 0 Å². The Labute approximate surface area is 145 Å². The van der Waals surface area contributed by atoms with Crippen molar-refractivity contribution in [3.8, 4) is 0 Å². The molecule has 4 rings (SSSR count). The van der Waals surface area contributed by atoms with Crippen LogP contribution in [0.4, 0.5) is 5.95 Å². The molecule has 130 valence electrons. The number of aromatic amines is 1. The second-order valence-electron chi connectivity index (χ2n) is 6.72. The fraction of sp³-hybridized carbons (Fsp3) is 0.412. The van der Waals surface area contributed by atoms with Gasteiger partial charge in [0.05, 0.1) is 12.0 Å². The number of nitrogens with two attached hydrogens (primary N) is 2. The summed E-state index contributed by atoms with van der Waals surface area (Å²) in [6.07, 6.45) is 13.7. The number of aryl methyl sites for hydroxylation is 1. The molecule has 1 aliphatic carbocycles. The van der Waals surface area contributed by atoms with E-state index in [0.717, 1.165) is 35.5 Å². The molecule has 1 fully saturated rings. The number of aromatic nitrogens is 4. The van der Waals surface area contributed by atoms with Crippen molar-refractivity contribution in [1.29, 1.82) is 0 Å². The Balaban J connectivity index is 1.53. The Bertz CT molecular complexity index is 806. The summed E-state index contributed by atoms with van der Waals surface area (Å²) in [4.78, 5) is 20.2. The first-order valence-corrected chi connectivity index (χ1v) is 8.53. The van der Waals surface area contributed by atoms with Crippen molar-refractivity contribution in [2.75, 3.05) is 5.73 Å². The summed E-state index contributed by atoms with van der Waals surface area (Å²) in [5.41, 5.74) is 16.1. The van der Waals surface area contributed by atoms with Crippen LogP contribution in [-0.2, 0) is 12.8 Å². The molecule has 8 heteroatoms. The van der Waals surface area contributed by atoms with Crippen molar-refractivity contribution in [2.45, 2.75) is 37.9 Å². The van der Waals surface area contributed by atoms with Crippen LogP contribution in [0.1, 0.15) is 36.2 Å². The van der Waals surface area contributed by atoms with Crippen molar-refractivity contribution in [2.24, 2.45) is 16.6 Å². The Kier molecular flexibility index (Phi) is 3.96. The zero-order valence-corrected chi connectivity index (χ0v) is 13.9. The SMILES string of the molecule is Nc1ncc(C2=CC=NC(N)(CCc3cnc[nH]3)N2)c(CC2CC2)n1. The third-order valence-electron chi connectivity index (χ3n) is 4.58. The minimum Gasteiger partial charge on any atom is -0.368 e. The molecule has 1 atom stereocenters. The molecule has 2 aliphatic rings. The van der Waals surface area contributed by atoms with E-state index in [2.05, 4.69) is 30.2 Å². The van der Waals surface area contributed by atoms with E-state index in [1.807, 2.05) is 6.08 Å². The summed E-state index contributed by atoms with van der Waals surface area (Å²) < 4.78 is 0. The first-order valence-electron chi connectivity index (χ1n) is 8.53. The predicted molar refractivity (Wildman–Crippen MR) is 96.3 cm³/mol. The number of aliphatic imine (C=N–C) groups is 1. The third kappa shape index (κ3) is 3.69. The van der Waals surface area contributed by atoms with Crippen LogP contribution >= 0.6 is 0 Å². The molecule has 2 aromatic rings. The lowest BCUT2D eigenvalue weighted by Gasteiger charge is -2.31. The van der Waals surface area contributed by atoms with E-state index in [9.17, 15) is 0 Å². The highest BCUT2D eigenvalue weighted by atomic mass is 15.3. The molecule has 3 heterocycles. The third-order valence-corrected chi connectivity index (χ3v) is 4.58. The van der Waals surface area contributed by atoms with Crippen LogP contribution in [0, 0.1) is 5.92 Å². The lowest BCUT2D eigenvalue weighted by molar-refractivity contribution is 0.372. The number of nitrogen functional groups attached to an aromatic ring is 1. The largest absolute Gasteiger partial charge is 0.368 e. The average molecular weight is 338 g/mol. The van der Waals surface area contributed by atoms with Crippen molar-refractivity contribution in [3.63, 3.8) is 0 Å². The van der Waals surface area contributed by atoms with Crippen LogP contribution in [0.25, 0.3) is 5.70 Å². The molecular formula is C17H22N8. The number of anilines is 1. The van der Waals surface area contributed by atoms with E-state index in [1.165, 1.54) is 12.8 Å². The van der Waals surface area contributed by atoms with Crippen LogP contribution < -0.4 is 16.8 Å². The summed E-state index contributed by atoms with van der Waals surface area (Å²) in [6, 6.07) is 0. The van der Waals surface area contributed by atoms with Gasteiger partial charge in [0.1, 0.15) is 0 Å². The summed E-state index contributed by atoms with van der Waals surface area (Å²) in [5.74, 6) is 0.143. The van der Waals surface area contributed by atoms with Crippen molar-refractivity contribution in [1.82, 2.24) is 25.3 Å². The van der Waals surface area contributed by atoms with Gasteiger partial charge in [-0.2, -0.15) is 0 Å². The van der Waals surface area contributed by atoms with E-state index < -0.39 is 5.79 Å². The Morgan fingerprint density at radius 3 is 2.92 bits per heavy atom. The Hall–Kier alpha value is -2.74. The monoisotopic (exact) mass is 338 g/mol. The van der Waals surface area contributed by atoms with Crippen molar-refractivity contribution < 1.29 is 0 Å². The highest BCUT2D eigenvalue weighted by molar-refractivity contribution is 5.86. The van der Waals surface area contributed by atoms with Gasteiger partial charge in [-0.05, 0) is 37.7 Å². The van der Waals surface area contributed by atoms with Gasteiger partial charge >= 0.3 is 0 Å². The molecule has 0 radical (unpaired) electrons. The highest BCUT2D eigenvalue weighted by Gasteiger charge is 2.29. The minimum absolute atomic E-state index is 0.308. The zero-order chi connectivity index (χ0) is 17.3. The molecule has 25 heavy (non-hydrogen) atoms. The molecule has 0 aromatic carbocycles. The van der Waals surface area contributed by atoms with Crippen molar-refractivity contribution in [3.05, 3.63) is 41.7 Å². The van der Waals surface area contributed by atoms with Crippen LogP contribution in [0.15, 0.2) is 29.8 Å². The minimum atomic E-state index is -0.868. The zero-order valence-electron chi connectivity index (χ0n) is 13.9. The highest BCUT2D eigenvalue weighted by Crippen LogP contribution is 2.34. The molecule has 0 saturated heterocycles. The standard InChI is InChI=1S/C17H22N8/c18-16-21-9-13(15(24-16)7-11-1-2-11)14-4-6-23-17(19,25-14)5-3-12-8-20-10-22-12/h4,6,8-11,25H,1-3,5,7,19H2,(H,20,22)(H2,18,21,24). The van der Waals surface area contributed by atoms with Gasteiger partial charge in [0, 0.05) is 42.0 Å². The first-order chi connectivity index (χ1) is 12.1. The molecule has 1 aliphatic heterocycles. The molecule has 2 aromatic heterocycles. The van der Waals surface area contributed by atoms with Crippen LogP contribution in [0.5, 0.6) is 0 Å². The van der Waals surface area contributed by atoms with Gasteiger partial charge in [-0.1, -0.05) is 0 Å². The number of nitrogens with zero attached hydrogens (tertiary/aromatic N) is 4. The van der Waals surface area contributed by atoms with E-state index >= 15 is 0 Å². The molecule has 6 N–H and O–H groups in total. The first kappa shape index (κ1) is 15.8. The average Bonchev–Trinajstić information content (AvgIpc) is 3.24. The molecule has 0 bridgehead atoms. The maximum absolute atomic E-state index is 6.45. The lowest BCUT2D eigenvalue weighted by atomic mass is 10.0. The molecule has 0 spiro atoms. The van der Waals surface area contributed by atoms with Crippen LogP contribution in [-0.4, -0.2) is 31.9 Å². The molecule has 0 amide bonds. The number of nitrogens with one attached hydrogen (secondary N) is 2. The van der Waals surface area contributed by atoms with Crippen LogP contribution in [0.2, 0.25) is 0 Å². The van der Waals surface area contributed by atoms with Gasteiger partial charge in [-0.25, -0.2) is 15.0 Å². The second-order valence-corrected chi connectivity index (χ2v) is 6.72. The molecule has 8 nitrogen and oxygen atoms in total. The van der Waals surface area contributed by atoms with Gasteiger partial charge in [0.15, 0.2) is 5.79 Å². The van der Waals surface area contributed by atoms with Crippen LogP contribution in [0.3, 0.4) is 0 Å². The summed E-state index contributed by atoms with van der Waals surface area (Å²) >= 11 is 0. The molecular weight excluding hydrogens is 316 g/mol. The summed E-state index contributed by atoms with van der Waals surface area (Å²) in [6.45, 7) is 0. The number of H-pyrrole nitrogens is 1. The van der Waals surface area contributed by atoms with E-state index in [0.29, 0.717) is 18.3 Å². The van der Waals surface area contributed by atoms with Crippen molar-refractivity contribution >= 4 is 17.9 Å². The Morgan fingerprint density at radius 1 is 1.28 bits per heavy atom. The predicted octanol–water partition coefficient (Wildman–Crippen LogP) is 0.995. The van der Waals surface area contributed by atoms with Gasteiger partial charge in [0.25, 0.3) is 0 Å². The summed E-state index contributed by atoms with van der Waals surface area (Å²) in [7, 11) is 0. The quantitative estimate of drug-likeness (QED) is 0.621. The fourth-order valence-corrected chi connectivity index (χ4v) is 2.99. The topological polar surface area (TPSA) is 131 Å². The van der Waals surface area contributed by atoms with Gasteiger partial charge in [0.2, 0.25) is 5.95 Å². The number of hydrogen-bond acceptors (Lipinski definition) is 7. The lowest BCUT2D eigenvalue weighted by Crippen LogP contribution is -2.52. The normalized spacial score (nSPS) is 22.5. The fourth-order valence-electron chi connectivity index (χ4n) is 2.99. The number of allylic oxidation sites excluding steroid dienone is 1. The van der Waals surface area contributed by atoms with E-state index in [1.54, 1.807) is 24.9 Å². The van der Waals surface area contributed by atoms with E-state index in [4.69, 9.17) is 11.5 Å².